The predicted molar refractivity (Wildman–Crippen MR) is 129 cm³/mol. The topological polar surface area (TPSA) is 82.9 Å². The number of fused-ring (bicyclic) bond motifs is 1. The first-order chi connectivity index (χ1) is 16.5. The number of nitrogens with zero attached hydrogens (tertiary/aromatic N) is 4. The molecule has 2 bridgehead atoms. The van der Waals surface area contributed by atoms with Crippen LogP contribution in [0, 0.1) is 23.6 Å². The molecule has 8 heteroatoms. The molecule has 3 aliphatic carbocycles. The number of hydrazone groups is 1. The maximum absolute atomic E-state index is 14.3. The van der Waals surface area contributed by atoms with Gasteiger partial charge in [0.05, 0.1) is 25.6 Å². The molecule has 2 unspecified atom stereocenters. The molecule has 3 fully saturated rings. The van der Waals surface area contributed by atoms with E-state index in [1.807, 2.05) is 17.0 Å². The number of hydrogen-bond donors (Lipinski definition) is 2. The Bertz CT molecular complexity index is 1160. The molecule has 178 valence electrons. The maximum atomic E-state index is 14.3. The Morgan fingerprint density at radius 1 is 1.29 bits per heavy atom. The van der Waals surface area contributed by atoms with Gasteiger partial charge in [0, 0.05) is 24.1 Å². The van der Waals surface area contributed by atoms with Crippen LogP contribution in [0.2, 0.25) is 0 Å². The Balaban J connectivity index is 1.21. The summed E-state index contributed by atoms with van der Waals surface area (Å²) < 4.78 is 19.6. The fourth-order valence-corrected chi connectivity index (χ4v) is 6.40. The number of aromatic nitrogens is 2. The average molecular weight is 464 g/mol. The number of anilines is 2. The van der Waals surface area contributed by atoms with E-state index in [4.69, 9.17) is 4.74 Å². The van der Waals surface area contributed by atoms with E-state index in [2.05, 4.69) is 33.5 Å². The third-order valence-electron chi connectivity index (χ3n) is 8.07. The van der Waals surface area contributed by atoms with Crippen LogP contribution in [0.3, 0.4) is 0 Å². The molecule has 6 rings (SSSR count). The van der Waals surface area contributed by atoms with Crippen molar-refractivity contribution in [2.45, 2.75) is 38.0 Å². The summed E-state index contributed by atoms with van der Waals surface area (Å²) in [4.78, 5) is 10.1. The second kappa shape index (κ2) is 8.34. The van der Waals surface area contributed by atoms with Crippen molar-refractivity contribution in [3.05, 3.63) is 53.0 Å². The third-order valence-corrected chi connectivity index (χ3v) is 8.07. The third kappa shape index (κ3) is 3.83. The lowest BCUT2D eigenvalue weighted by Gasteiger charge is -2.39. The van der Waals surface area contributed by atoms with Gasteiger partial charge in [-0.05, 0) is 61.1 Å². The Kier molecular flexibility index (Phi) is 5.28. The average Bonchev–Trinajstić information content (AvgIpc) is 3.09. The summed E-state index contributed by atoms with van der Waals surface area (Å²) in [5.74, 6) is 2.64. The van der Waals surface area contributed by atoms with Crippen molar-refractivity contribution in [2.24, 2.45) is 22.9 Å². The highest BCUT2D eigenvalue weighted by atomic mass is 19.1. The van der Waals surface area contributed by atoms with Crippen molar-refractivity contribution in [2.75, 3.05) is 36.6 Å². The molecule has 2 N–H and O–H groups in total. The number of ether oxygens (including phenoxy) is 1. The van der Waals surface area contributed by atoms with Gasteiger partial charge in [-0.25, -0.2) is 14.8 Å². The second-order valence-corrected chi connectivity index (χ2v) is 10.4. The van der Waals surface area contributed by atoms with Crippen LogP contribution in [0.15, 0.2) is 41.1 Å². The SMILES string of the molecule is CC1(c2ccc(O)c(/C=N\Nc3ncc(F)c(N4CCOCC4)n3)c2)C=C2C[C@H]3C[C@@H](CC23)C1. The summed E-state index contributed by atoms with van der Waals surface area (Å²) >= 11 is 0. The number of aromatic hydroxyl groups is 1. The number of halogens is 1. The van der Waals surface area contributed by atoms with Crippen molar-refractivity contribution in [1.29, 1.82) is 0 Å². The van der Waals surface area contributed by atoms with Crippen LogP contribution in [0.25, 0.3) is 0 Å². The van der Waals surface area contributed by atoms with Gasteiger partial charge in [0.1, 0.15) is 5.75 Å². The molecule has 4 aliphatic rings. The van der Waals surface area contributed by atoms with Crippen LogP contribution in [0.5, 0.6) is 5.75 Å². The zero-order valence-corrected chi connectivity index (χ0v) is 19.4. The van der Waals surface area contributed by atoms with E-state index in [0.717, 1.165) is 30.4 Å². The van der Waals surface area contributed by atoms with Crippen LogP contribution in [0.4, 0.5) is 16.2 Å². The fraction of sp³-hybridized carbons (Fsp3) is 0.500. The minimum absolute atomic E-state index is 0.0308. The lowest BCUT2D eigenvalue weighted by atomic mass is 9.66. The van der Waals surface area contributed by atoms with Crippen molar-refractivity contribution in [3.8, 4) is 5.75 Å². The van der Waals surface area contributed by atoms with E-state index in [1.165, 1.54) is 24.8 Å². The van der Waals surface area contributed by atoms with E-state index in [1.54, 1.807) is 17.9 Å². The van der Waals surface area contributed by atoms with Gasteiger partial charge in [0.15, 0.2) is 11.6 Å². The van der Waals surface area contributed by atoms with Gasteiger partial charge in [-0.1, -0.05) is 24.6 Å². The molecule has 34 heavy (non-hydrogen) atoms. The molecule has 0 amide bonds. The number of nitrogens with one attached hydrogen (secondary N) is 1. The van der Waals surface area contributed by atoms with Crippen LogP contribution in [0.1, 0.15) is 43.7 Å². The number of phenolic OH excluding ortho intramolecular Hbond substituents is 1. The molecule has 1 saturated heterocycles. The van der Waals surface area contributed by atoms with Crippen LogP contribution < -0.4 is 10.3 Å². The molecular formula is C26H30FN5O2. The van der Waals surface area contributed by atoms with Crippen molar-refractivity contribution in [1.82, 2.24) is 9.97 Å². The molecule has 7 nitrogen and oxygen atoms in total. The Labute approximate surface area is 198 Å². The van der Waals surface area contributed by atoms with Crippen molar-refractivity contribution in [3.63, 3.8) is 0 Å². The molecule has 2 aromatic rings. The summed E-state index contributed by atoms with van der Waals surface area (Å²) in [6.07, 6.45) is 10.3. The smallest absolute Gasteiger partial charge is 0.245 e. The van der Waals surface area contributed by atoms with E-state index in [0.29, 0.717) is 31.9 Å². The minimum Gasteiger partial charge on any atom is -0.507 e. The van der Waals surface area contributed by atoms with E-state index < -0.39 is 5.82 Å². The lowest BCUT2D eigenvalue weighted by Crippen LogP contribution is -2.37. The van der Waals surface area contributed by atoms with Gasteiger partial charge in [-0.15, -0.1) is 0 Å². The largest absolute Gasteiger partial charge is 0.507 e. The zero-order chi connectivity index (χ0) is 23.3. The van der Waals surface area contributed by atoms with E-state index in [-0.39, 0.29) is 22.9 Å². The quantitative estimate of drug-likeness (QED) is 0.392. The van der Waals surface area contributed by atoms with Gasteiger partial charge < -0.3 is 14.7 Å². The number of rotatable bonds is 5. The van der Waals surface area contributed by atoms with Crippen LogP contribution >= 0.6 is 0 Å². The molecule has 2 saturated carbocycles. The minimum atomic E-state index is -0.473. The molecule has 0 spiro atoms. The Morgan fingerprint density at radius 3 is 3.00 bits per heavy atom. The van der Waals surface area contributed by atoms with Gasteiger partial charge >= 0.3 is 0 Å². The number of allylic oxidation sites excluding steroid dienone is 2. The highest BCUT2D eigenvalue weighted by Gasteiger charge is 2.49. The van der Waals surface area contributed by atoms with Crippen molar-refractivity contribution < 1.29 is 14.2 Å². The fourth-order valence-electron chi connectivity index (χ4n) is 6.40. The zero-order valence-electron chi connectivity index (χ0n) is 19.4. The highest BCUT2D eigenvalue weighted by molar-refractivity contribution is 5.84. The van der Waals surface area contributed by atoms with Crippen LogP contribution in [-0.2, 0) is 10.2 Å². The summed E-state index contributed by atoms with van der Waals surface area (Å²) in [5.41, 5.74) is 6.20. The molecule has 1 aliphatic heterocycles. The maximum Gasteiger partial charge on any atom is 0.245 e. The van der Waals surface area contributed by atoms with Gasteiger partial charge in [0.2, 0.25) is 5.95 Å². The van der Waals surface area contributed by atoms with Gasteiger partial charge in [-0.2, -0.15) is 10.1 Å². The highest BCUT2D eigenvalue weighted by Crippen LogP contribution is 2.59. The first-order valence-corrected chi connectivity index (χ1v) is 12.2. The Morgan fingerprint density at radius 2 is 2.15 bits per heavy atom. The van der Waals surface area contributed by atoms with Crippen LogP contribution in [-0.4, -0.2) is 47.6 Å². The molecule has 1 aromatic carbocycles. The van der Waals surface area contributed by atoms with Gasteiger partial charge in [0.25, 0.3) is 0 Å². The number of hydrogen-bond acceptors (Lipinski definition) is 7. The summed E-state index contributed by atoms with van der Waals surface area (Å²) in [7, 11) is 0. The molecule has 1 aromatic heterocycles. The van der Waals surface area contributed by atoms with E-state index >= 15 is 0 Å². The first-order valence-electron chi connectivity index (χ1n) is 12.2. The summed E-state index contributed by atoms with van der Waals surface area (Å²) in [6.45, 7) is 4.55. The molecular weight excluding hydrogens is 433 g/mol. The molecule has 2 heterocycles. The lowest BCUT2D eigenvalue weighted by molar-refractivity contribution is 0.122. The monoisotopic (exact) mass is 463 g/mol. The standard InChI is InChI=1S/C26H30FN5O2/c1-26(12-16-8-17-10-18(13-26)21(17)9-16)20-2-3-23(33)19(11-20)14-29-31-25-28-15-22(27)24(30-25)32-4-6-34-7-5-32/h2-3,11,13-17,21,33H,4-10,12H2,1H3,(H,28,30,31)/b29-14-/t16-,17+,21?,26?/m0/s1. The second-order valence-electron chi connectivity index (χ2n) is 10.4. The Hall–Kier alpha value is -3.00. The molecule has 4 atom stereocenters. The first kappa shape index (κ1) is 21.5. The normalized spacial score (nSPS) is 30.1. The van der Waals surface area contributed by atoms with Gasteiger partial charge in [-0.3, -0.25) is 0 Å². The summed E-state index contributed by atoms with van der Waals surface area (Å²) in [6, 6.07) is 5.81. The predicted octanol–water partition coefficient (Wildman–Crippen LogP) is 4.24. The number of phenols is 1. The number of benzene rings is 1. The molecule has 0 radical (unpaired) electrons. The van der Waals surface area contributed by atoms with E-state index in [9.17, 15) is 9.50 Å². The van der Waals surface area contributed by atoms with Crippen molar-refractivity contribution >= 4 is 18.0 Å². The summed E-state index contributed by atoms with van der Waals surface area (Å²) in [5, 5.41) is 14.7. The number of morpholine rings is 1.